The van der Waals surface area contributed by atoms with Crippen LogP contribution in [0, 0.1) is 0 Å². The molecular formula is C25H30NOP. The van der Waals surface area contributed by atoms with E-state index in [9.17, 15) is 4.79 Å². The first-order chi connectivity index (χ1) is 13.8. The molecule has 3 aromatic carbocycles. The van der Waals surface area contributed by atoms with Gasteiger partial charge in [-0.15, -0.1) is 0 Å². The molecular weight excluding hydrogens is 361 g/mol. The summed E-state index contributed by atoms with van der Waals surface area (Å²) in [5.74, 6) is 0.137. The Bertz CT molecular complexity index is 753. The van der Waals surface area contributed by atoms with Gasteiger partial charge in [0.15, 0.2) is 0 Å². The zero-order valence-electron chi connectivity index (χ0n) is 16.6. The average Bonchev–Trinajstić information content (AvgIpc) is 2.78. The molecule has 0 atom stereocenters. The summed E-state index contributed by atoms with van der Waals surface area (Å²) < 4.78 is 0. The number of carbonyl (C=O) groups excluding carboxylic acids is 1. The Kier molecular flexibility index (Phi) is 7.39. The molecule has 1 N–H and O–H groups in total. The molecule has 0 spiro atoms. The van der Waals surface area contributed by atoms with Crippen LogP contribution in [0.4, 0.5) is 0 Å². The van der Waals surface area contributed by atoms with E-state index in [1.165, 1.54) is 15.9 Å². The topological polar surface area (TPSA) is 29.1 Å². The summed E-state index contributed by atoms with van der Waals surface area (Å²) in [7, 11) is -0.401. The predicted octanol–water partition coefficient (Wildman–Crippen LogP) is 4.02. The molecule has 0 saturated carbocycles. The fourth-order valence-corrected chi connectivity index (χ4v) is 9.01. The first kappa shape index (κ1) is 20.3. The SMILES string of the molecule is CNC(=O)CCCCC[PH](c1ccccc1)(c1ccccc1)c1ccccc1. The van der Waals surface area contributed by atoms with Gasteiger partial charge in [-0.3, -0.25) is 0 Å². The second-order valence-corrected chi connectivity index (χ2v) is 11.3. The van der Waals surface area contributed by atoms with Crippen molar-refractivity contribution in [3.63, 3.8) is 0 Å². The van der Waals surface area contributed by atoms with E-state index in [1.54, 1.807) is 7.05 Å². The molecule has 1 amide bonds. The van der Waals surface area contributed by atoms with Crippen LogP contribution < -0.4 is 21.2 Å². The number of nitrogens with one attached hydrogen (secondary N) is 1. The van der Waals surface area contributed by atoms with E-state index in [2.05, 4.69) is 96.3 Å². The van der Waals surface area contributed by atoms with Crippen molar-refractivity contribution in [2.24, 2.45) is 0 Å². The van der Waals surface area contributed by atoms with Crippen molar-refractivity contribution in [1.82, 2.24) is 5.32 Å². The molecule has 0 unspecified atom stereocenters. The predicted molar refractivity (Wildman–Crippen MR) is 124 cm³/mol. The first-order valence-electron chi connectivity index (χ1n) is 10.1. The first-order valence-corrected chi connectivity index (χ1v) is 12.4. The molecule has 0 aliphatic heterocycles. The molecule has 0 bridgehead atoms. The van der Waals surface area contributed by atoms with Crippen molar-refractivity contribution >= 4 is 29.1 Å². The molecule has 3 aromatic rings. The Hall–Kier alpha value is -2.44. The van der Waals surface area contributed by atoms with Gasteiger partial charge in [-0.1, -0.05) is 0 Å². The Morgan fingerprint density at radius 3 is 1.50 bits per heavy atom. The van der Waals surface area contributed by atoms with Gasteiger partial charge in [0.1, 0.15) is 0 Å². The van der Waals surface area contributed by atoms with Crippen LogP contribution in [0.3, 0.4) is 0 Å². The van der Waals surface area contributed by atoms with Gasteiger partial charge in [0, 0.05) is 0 Å². The van der Waals surface area contributed by atoms with E-state index in [-0.39, 0.29) is 5.91 Å². The Morgan fingerprint density at radius 1 is 0.679 bits per heavy atom. The van der Waals surface area contributed by atoms with Crippen LogP contribution in [0.25, 0.3) is 0 Å². The molecule has 0 saturated heterocycles. The molecule has 0 fully saturated rings. The Labute approximate surface area is 169 Å². The second kappa shape index (κ2) is 10.2. The third-order valence-electron chi connectivity index (χ3n) is 5.53. The number of rotatable bonds is 9. The monoisotopic (exact) mass is 391 g/mol. The van der Waals surface area contributed by atoms with Crippen LogP contribution >= 0.6 is 7.26 Å². The standard InChI is InChI=1S/C25H30NOP/c1-26-25(27)20-12-5-13-21-28(22-14-6-2-7-15-22,23-16-8-3-9-17-23)24-18-10-4-11-19-24/h2-4,6-11,14-19,28H,5,12-13,20-21H2,1H3,(H,26,27). The maximum atomic E-state index is 11.5. The molecule has 0 aliphatic rings. The van der Waals surface area contributed by atoms with E-state index in [4.69, 9.17) is 0 Å². The van der Waals surface area contributed by atoms with E-state index in [0.717, 1.165) is 25.4 Å². The molecule has 0 radical (unpaired) electrons. The Morgan fingerprint density at radius 2 is 1.11 bits per heavy atom. The van der Waals surface area contributed by atoms with E-state index in [1.807, 2.05) is 0 Å². The number of hydrogen-bond donors (Lipinski definition) is 1. The summed E-state index contributed by atoms with van der Waals surface area (Å²) in [6.45, 7) is 0. The molecule has 28 heavy (non-hydrogen) atoms. The van der Waals surface area contributed by atoms with Crippen LogP contribution in [0.5, 0.6) is 0 Å². The molecule has 146 valence electrons. The fourth-order valence-electron chi connectivity index (χ4n) is 4.08. The summed E-state index contributed by atoms with van der Waals surface area (Å²) in [6, 6.07) is 33.1. The van der Waals surface area contributed by atoms with Crippen molar-refractivity contribution in [2.45, 2.75) is 25.7 Å². The summed E-state index contributed by atoms with van der Waals surface area (Å²) in [4.78, 5) is 11.5. The van der Waals surface area contributed by atoms with Crippen molar-refractivity contribution in [3.8, 4) is 0 Å². The van der Waals surface area contributed by atoms with Gasteiger partial charge in [-0.05, 0) is 0 Å². The fraction of sp³-hybridized carbons (Fsp3) is 0.240. The van der Waals surface area contributed by atoms with Gasteiger partial charge in [-0.2, -0.15) is 0 Å². The third kappa shape index (κ3) is 4.69. The molecule has 0 aromatic heterocycles. The van der Waals surface area contributed by atoms with Gasteiger partial charge < -0.3 is 0 Å². The van der Waals surface area contributed by atoms with Crippen molar-refractivity contribution in [3.05, 3.63) is 91.0 Å². The molecule has 0 heterocycles. The van der Waals surface area contributed by atoms with Crippen LogP contribution in [0.1, 0.15) is 25.7 Å². The normalized spacial score (nSPS) is 11.8. The maximum absolute atomic E-state index is 11.5. The van der Waals surface area contributed by atoms with Gasteiger partial charge in [0.25, 0.3) is 0 Å². The second-order valence-electron chi connectivity index (χ2n) is 7.24. The number of amides is 1. The average molecular weight is 391 g/mol. The molecule has 2 nitrogen and oxygen atoms in total. The van der Waals surface area contributed by atoms with Crippen molar-refractivity contribution < 1.29 is 4.79 Å². The quantitative estimate of drug-likeness (QED) is 0.433. The molecule has 3 heteroatoms. The van der Waals surface area contributed by atoms with E-state index < -0.39 is 7.26 Å². The summed E-state index contributed by atoms with van der Waals surface area (Å²) in [5, 5.41) is 7.09. The number of carbonyl (C=O) groups is 1. The minimum atomic E-state index is -2.11. The van der Waals surface area contributed by atoms with Crippen LogP contribution in [-0.4, -0.2) is 19.1 Å². The summed E-state index contributed by atoms with van der Waals surface area (Å²) in [6.07, 6.45) is 4.92. The summed E-state index contributed by atoms with van der Waals surface area (Å²) in [5.41, 5.74) is 0. The van der Waals surface area contributed by atoms with Gasteiger partial charge in [0.05, 0.1) is 0 Å². The van der Waals surface area contributed by atoms with Crippen LogP contribution in [0.2, 0.25) is 0 Å². The zero-order valence-corrected chi connectivity index (χ0v) is 17.6. The van der Waals surface area contributed by atoms with Crippen LogP contribution in [-0.2, 0) is 4.79 Å². The Balaban J connectivity index is 1.96. The minimum absolute atomic E-state index is 0.137. The van der Waals surface area contributed by atoms with Crippen LogP contribution in [0.15, 0.2) is 91.0 Å². The third-order valence-corrected chi connectivity index (χ3v) is 10.6. The van der Waals surface area contributed by atoms with Gasteiger partial charge in [0.2, 0.25) is 0 Å². The van der Waals surface area contributed by atoms with E-state index in [0.29, 0.717) is 6.42 Å². The van der Waals surface area contributed by atoms with Gasteiger partial charge >= 0.3 is 169 Å². The zero-order chi connectivity index (χ0) is 19.7. The molecule has 0 aliphatic carbocycles. The summed E-state index contributed by atoms with van der Waals surface area (Å²) >= 11 is 0. The van der Waals surface area contributed by atoms with Crippen molar-refractivity contribution in [1.29, 1.82) is 0 Å². The number of benzene rings is 3. The molecule has 3 rings (SSSR count). The van der Waals surface area contributed by atoms with Crippen molar-refractivity contribution in [2.75, 3.05) is 13.2 Å². The number of hydrogen-bond acceptors (Lipinski definition) is 1. The number of unbranched alkanes of at least 4 members (excludes halogenated alkanes) is 2. The van der Waals surface area contributed by atoms with E-state index >= 15 is 0 Å². The van der Waals surface area contributed by atoms with Gasteiger partial charge in [-0.25, -0.2) is 0 Å².